The number of rotatable bonds is 3. The number of aryl methyl sites for hydroxylation is 1. The number of nitrogens with zero attached hydrogens (tertiary/aromatic N) is 2. The van der Waals surface area contributed by atoms with Crippen molar-refractivity contribution >= 4 is 27.7 Å². The number of anilines is 1. The zero-order valence-corrected chi connectivity index (χ0v) is 10.7. The summed E-state index contributed by atoms with van der Waals surface area (Å²) in [6.07, 6.45) is 3.65. The third kappa shape index (κ3) is 2.71. The molecule has 1 amide bonds. The molecule has 1 N–H and O–H groups in total. The summed E-state index contributed by atoms with van der Waals surface area (Å²) in [4.78, 5) is 15.9. The van der Waals surface area contributed by atoms with E-state index in [1.54, 1.807) is 18.3 Å². The van der Waals surface area contributed by atoms with Crippen LogP contribution in [0.2, 0.25) is 0 Å². The third-order valence-corrected chi connectivity index (χ3v) is 2.65. The van der Waals surface area contributed by atoms with E-state index in [1.807, 2.05) is 6.92 Å². The number of halogens is 1. The van der Waals surface area contributed by atoms with Crippen molar-refractivity contribution in [2.24, 2.45) is 0 Å². The van der Waals surface area contributed by atoms with Crippen LogP contribution in [0.3, 0.4) is 0 Å². The lowest BCUT2D eigenvalue weighted by Crippen LogP contribution is -2.13. The van der Waals surface area contributed by atoms with Gasteiger partial charge in [-0.1, -0.05) is 12.1 Å². The largest absolute Gasteiger partial charge is 0.361 e. The standard InChI is InChI=1S/C11H10BrN3O2/c1-2-9-8(6-14-17-9)11(16)15-10-4-3-7(12)5-13-10/h3-6H,2H2,1H3,(H,13,15,16). The first-order valence-electron chi connectivity index (χ1n) is 5.07. The number of pyridine rings is 1. The molecule has 88 valence electrons. The van der Waals surface area contributed by atoms with Crippen LogP contribution in [0, 0.1) is 0 Å². The van der Waals surface area contributed by atoms with Crippen molar-refractivity contribution in [3.63, 3.8) is 0 Å². The highest BCUT2D eigenvalue weighted by Crippen LogP contribution is 2.13. The van der Waals surface area contributed by atoms with E-state index in [0.717, 1.165) is 4.47 Å². The molecule has 0 unspecified atom stereocenters. The van der Waals surface area contributed by atoms with Crippen LogP contribution in [0.4, 0.5) is 5.82 Å². The molecule has 5 nitrogen and oxygen atoms in total. The normalized spacial score (nSPS) is 10.2. The first-order valence-corrected chi connectivity index (χ1v) is 5.86. The molecule has 2 aromatic rings. The minimum atomic E-state index is -0.266. The lowest BCUT2D eigenvalue weighted by molar-refractivity contribution is 0.102. The number of amides is 1. The quantitative estimate of drug-likeness (QED) is 0.945. The highest BCUT2D eigenvalue weighted by molar-refractivity contribution is 9.10. The summed E-state index contributed by atoms with van der Waals surface area (Å²) >= 11 is 3.27. The van der Waals surface area contributed by atoms with Gasteiger partial charge in [0.1, 0.15) is 17.1 Å². The van der Waals surface area contributed by atoms with Gasteiger partial charge >= 0.3 is 0 Å². The fourth-order valence-corrected chi connectivity index (χ4v) is 1.57. The van der Waals surface area contributed by atoms with Gasteiger partial charge in [-0.25, -0.2) is 4.98 Å². The molecule has 0 aliphatic carbocycles. The first kappa shape index (κ1) is 11.8. The number of carbonyl (C=O) groups is 1. The fourth-order valence-electron chi connectivity index (χ4n) is 1.34. The third-order valence-electron chi connectivity index (χ3n) is 2.18. The molecule has 0 aliphatic rings. The van der Waals surface area contributed by atoms with Gasteiger partial charge in [-0.3, -0.25) is 4.79 Å². The van der Waals surface area contributed by atoms with Crippen LogP contribution >= 0.6 is 15.9 Å². The molecule has 2 rings (SSSR count). The van der Waals surface area contributed by atoms with Gasteiger partial charge in [-0.05, 0) is 28.1 Å². The second-order valence-electron chi connectivity index (χ2n) is 3.33. The molecule has 0 spiro atoms. The van der Waals surface area contributed by atoms with Crippen LogP contribution in [-0.2, 0) is 6.42 Å². The molecule has 0 atom stereocenters. The van der Waals surface area contributed by atoms with Gasteiger partial charge in [0.2, 0.25) is 0 Å². The molecule has 0 radical (unpaired) electrons. The van der Waals surface area contributed by atoms with Crippen LogP contribution in [-0.4, -0.2) is 16.0 Å². The zero-order chi connectivity index (χ0) is 12.3. The minimum absolute atomic E-state index is 0.266. The second-order valence-corrected chi connectivity index (χ2v) is 4.25. The maximum atomic E-state index is 11.9. The molecular weight excluding hydrogens is 286 g/mol. The van der Waals surface area contributed by atoms with E-state index in [2.05, 4.69) is 31.4 Å². The van der Waals surface area contributed by atoms with Crippen molar-refractivity contribution in [3.8, 4) is 0 Å². The smallest absolute Gasteiger partial charge is 0.262 e. The van der Waals surface area contributed by atoms with Crippen molar-refractivity contribution in [1.29, 1.82) is 0 Å². The molecule has 0 saturated carbocycles. The number of aromatic nitrogens is 2. The van der Waals surface area contributed by atoms with Crippen LogP contribution in [0.1, 0.15) is 23.0 Å². The molecule has 2 heterocycles. The molecule has 6 heteroatoms. The summed E-state index contributed by atoms with van der Waals surface area (Å²) < 4.78 is 5.81. The zero-order valence-electron chi connectivity index (χ0n) is 9.11. The van der Waals surface area contributed by atoms with E-state index in [-0.39, 0.29) is 5.91 Å². The highest BCUT2D eigenvalue weighted by atomic mass is 79.9. The van der Waals surface area contributed by atoms with Crippen LogP contribution in [0.25, 0.3) is 0 Å². The van der Waals surface area contributed by atoms with Crippen LogP contribution in [0.15, 0.2) is 33.5 Å². The topological polar surface area (TPSA) is 68.0 Å². The Labute approximate surface area is 106 Å². The van der Waals surface area contributed by atoms with Crippen molar-refractivity contribution in [2.75, 3.05) is 5.32 Å². The molecule has 0 bridgehead atoms. The lowest BCUT2D eigenvalue weighted by Gasteiger charge is -2.02. The fraction of sp³-hybridized carbons (Fsp3) is 0.182. The molecule has 0 saturated heterocycles. The predicted molar refractivity (Wildman–Crippen MR) is 65.8 cm³/mol. The van der Waals surface area contributed by atoms with Crippen molar-refractivity contribution in [1.82, 2.24) is 10.1 Å². The lowest BCUT2D eigenvalue weighted by atomic mass is 10.2. The summed E-state index contributed by atoms with van der Waals surface area (Å²) in [6, 6.07) is 3.51. The predicted octanol–water partition coefficient (Wildman–Crippen LogP) is 2.65. The van der Waals surface area contributed by atoms with Crippen LogP contribution in [0.5, 0.6) is 0 Å². The summed E-state index contributed by atoms with van der Waals surface area (Å²) in [5, 5.41) is 6.28. The van der Waals surface area contributed by atoms with Gasteiger partial charge in [0.25, 0.3) is 5.91 Å². The Balaban J connectivity index is 2.14. The van der Waals surface area contributed by atoms with E-state index in [9.17, 15) is 4.79 Å². The molecule has 0 aromatic carbocycles. The number of nitrogens with one attached hydrogen (secondary N) is 1. The number of carbonyl (C=O) groups excluding carboxylic acids is 1. The van der Waals surface area contributed by atoms with E-state index >= 15 is 0 Å². The first-order chi connectivity index (χ1) is 8.20. The Bertz CT molecular complexity index is 522. The molecule has 17 heavy (non-hydrogen) atoms. The summed E-state index contributed by atoms with van der Waals surface area (Å²) in [5.41, 5.74) is 0.442. The van der Waals surface area contributed by atoms with Gasteiger partial charge in [0.15, 0.2) is 0 Å². The highest BCUT2D eigenvalue weighted by Gasteiger charge is 2.15. The minimum Gasteiger partial charge on any atom is -0.361 e. The summed E-state index contributed by atoms with van der Waals surface area (Å²) in [6.45, 7) is 1.90. The Hall–Kier alpha value is -1.69. The molecular formula is C11H10BrN3O2. The Morgan fingerprint density at radius 3 is 2.94 bits per heavy atom. The van der Waals surface area contributed by atoms with Crippen LogP contribution < -0.4 is 5.32 Å². The van der Waals surface area contributed by atoms with E-state index < -0.39 is 0 Å². The van der Waals surface area contributed by atoms with E-state index in [4.69, 9.17) is 4.52 Å². The monoisotopic (exact) mass is 295 g/mol. The van der Waals surface area contributed by atoms with Crippen molar-refractivity contribution in [2.45, 2.75) is 13.3 Å². The SMILES string of the molecule is CCc1oncc1C(=O)Nc1ccc(Br)cn1. The maximum absolute atomic E-state index is 11.9. The number of hydrogen-bond donors (Lipinski definition) is 1. The van der Waals surface area contributed by atoms with Gasteiger partial charge in [-0.2, -0.15) is 0 Å². The Morgan fingerprint density at radius 1 is 1.47 bits per heavy atom. The van der Waals surface area contributed by atoms with Gasteiger partial charge in [0, 0.05) is 17.1 Å². The summed E-state index contributed by atoms with van der Waals surface area (Å²) in [5.74, 6) is 0.791. The average Bonchev–Trinajstić information content (AvgIpc) is 2.80. The second kappa shape index (κ2) is 5.09. The van der Waals surface area contributed by atoms with E-state index in [0.29, 0.717) is 23.6 Å². The van der Waals surface area contributed by atoms with Crippen molar-refractivity contribution in [3.05, 3.63) is 40.3 Å². The van der Waals surface area contributed by atoms with Gasteiger partial charge < -0.3 is 9.84 Å². The van der Waals surface area contributed by atoms with Gasteiger partial charge in [-0.15, -0.1) is 0 Å². The average molecular weight is 296 g/mol. The Kier molecular flexibility index (Phi) is 3.53. The Morgan fingerprint density at radius 2 is 2.29 bits per heavy atom. The van der Waals surface area contributed by atoms with E-state index in [1.165, 1.54) is 6.20 Å². The summed E-state index contributed by atoms with van der Waals surface area (Å²) in [7, 11) is 0. The molecule has 0 fully saturated rings. The molecule has 2 aromatic heterocycles. The maximum Gasteiger partial charge on any atom is 0.262 e. The van der Waals surface area contributed by atoms with Gasteiger partial charge in [0.05, 0.1) is 6.20 Å². The number of hydrogen-bond acceptors (Lipinski definition) is 4. The molecule has 0 aliphatic heterocycles. The van der Waals surface area contributed by atoms with Crippen molar-refractivity contribution < 1.29 is 9.32 Å².